The first-order chi connectivity index (χ1) is 15.8. The van der Waals surface area contributed by atoms with Crippen LogP contribution in [0.25, 0.3) is 17.3 Å². The van der Waals surface area contributed by atoms with Crippen LogP contribution in [0, 0.1) is 10.1 Å². The van der Waals surface area contributed by atoms with Crippen LogP contribution in [0.2, 0.25) is 0 Å². The SMILES string of the molecule is CC/C(=C/c1ccc(-c2cccc(N(C)C(=O)Oc3ccc([N+](=O)[O-])cc3)n2)cc1)C(=O)O. The minimum absolute atomic E-state index is 0.104. The third-order valence-electron chi connectivity index (χ3n) is 4.81. The molecule has 1 aromatic heterocycles. The highest BCUT2D eigenvalue weighted by Gasteiger charge is 2.16. The number of carbonyl (C=O) groups is 2. The first kappa shape index (κ1) is 23.1. The Hall–Kier alpha value is -4.53. The van der Waals surface area contributed by atoms with Crippen molar-refractivity contribution in [2.45, 2.75) is 13.3 Å². The summed E-state index contributed by atoms with van der Waals surface area (Å²) in [5, 5.41) is 19.9. The van der Waals surface area contributed by atoms with Crippen molar-refractivity contribution in [3.05, 3.63) is 88.0 Å². The summed E-state index contributed by atoms with van der Waals surface area (Å²) in [6.07, 6.45) is 1.34. The summed E-state index contributed by atoms with van der Waals surface area (Å²) in [5.41, 5.74) is 2.38. The summed E-state index contributed by atoms with van der Waals surface area (Å²) in [4.78, 5) is 39.6. The number of aromatic nitrogens is 1. The van der Waals surface area contributed by atoms with Crippen molar-refractivity contribution >= 4 is 29.6 Å². The summed E-state index contributed by atoms with van der Waals surface area (Å²) in [6.45, 7) is 1.78. The molecule has 0 unspecified atom stereocenters. The minimum atomic E-state index is -0.945. The lowest BCUT2D eigenvalue weighted by atomic mass is 10.1. The zero-order chi connectivity index (χ0) is 24.0. The number of anilines is 1. The molecule has 0 radical (unpaired) electrons. The van der Waals surface area contributed by atoms with Crippen LogP contribution in [0.4, 0.5) is 16.3 Å². The topological polar surface area (TPSA) is 123 Å². The number of non-ortho nitro benzene ring substituents is 1. The van der Waals surface area contributed by atoms with Crippen molar-refractivity contribution in [3.8, 4) is 17.0 Å². The number of amides is 1. The number of carbonyl (C=O) groups excluding carboxylic acids is 1. The zero-order valence-electron chi connectivity index (χ0n) is 18.0. The Kier molecular flexibility index (Phi) is 7.14. The van der Waals surface area contributed by atoms with E-state index in [1.165, 1.54) is 36.2 Å². The largest absolute Gasteiger partial charge is 0.478 e. The van der Waals surface area contributed by atoms with Crippen molar-refractivity contribution in [1.29, 1.82) is 0 Å². The molecular formula is C24H21N3O6. The first-order valence-electron chi connectivity index (χ1n) is 10.00. The molecule has 0 atom stereocenters. The Morgan fingerprint density at radius 1 is 1.09 bits per heavy atom. The van der Waals surface area contributed by atoms with Crippen molar-refractivity contribution in [3.63, 3.8) is 0 Å². The molecule has 0 bridgehead atoms. The van der Waals surface area contributed by atoms with Gasteiger partial charge in [-0.1, -0.05) is 37.3 Å². The second-order valence-corrected chi connectivity index (χ2v) is 7.01. The molecule has 3 rings (SSSR count). The third kappa shape index (κ3) is 5.79. The average Bonchev–Trinajstić information content (AvgIpc) is 2.82. The van der Waals surface area contributed by atoms with Crippen LogP contribution in [0.5, 0.6) is 5.75 Å². The van der Waals surface area contributed by atoms with Gasteiger partial charge in [0, 0.05) is 30.3 Å². The molecule has 0 fully saturated rings. The highest BCUT2D eigenvalue weighted by Crippen LogP contribution is 2.23. The number of hydrogen-bond donors (Lipinski definition) is 1. The molecule has 3 aromatic rings. The summed E-state index contributed by atoms with van der Waals surface area (Å²) < 4.78 is 5.26. The fourth-order valence-electron chi connectivity index (χ4n) is 2.94. The Labute approximate surface area is 189 Å². The van der Waals surface area contributed by atoms with Gasteiger partial charge >= 0.3 is 12.1 Å². The predicted molar refractivity (Wildman–Crippen MR) is 123 cm³/mol. The standard InChI is InChI=1S/C24H21N3O6/c1-3-17(23(28)29)15-16-7-9-18(10-8-16)21-5-4-6-22(25-21)26(2)24(30)33-20-13-11-19(12-14-20)27(31)32/h4-15H,3H2,1-2H3,(H,28,29)/b17-15-. The van der Waals surface area contributed by atoms with Gasteiger partial charge in [0.1, 0.15) is 11.6 Å². The van der Waals surface area contributed by atoms with E-state index in [4.69, 9.17) is 4.74 Å². The molecule has 1 heterocycles. The van der Waals surface area contributed by atoms with E-state index in [9.17, 15) is 24.8 Å². The van der Waals surface area contributed by atoms with E-state index in [1.807, 2.05) is 12.1 Å². The second kappa shape index (κ2) is 10.2. The molecule has 0 saturated carbocycles. The van der Waals surface area contributed by atoms with E-state index in [2.05, 4.69) is 4.98 Å². The fourth-order valence-corrected chi connectivity index (χ4v) is 2.94. The second-order valence-electron chi connectivity index (χ2n) is 7.01. The van der Waals surface area contributed by atoms with E-state index in [0.29, 0.717) is 23.5 Å². The number of ether oxygens (including phenoxy) is 1. The van der Waals surface area contributed by atoms with E-state index in [0.717, 1.165) is 11.1 Å². The van der Waals surface area contributed by atoms with E-state index < -0.39 is 17.0 Å². The lowest BCUT2D eigenvalue weighted by Crippen LogP contribution is -2.30. The van der Waals surface area contributed by atoms with E-state index in [1.54, 1.807) is 43.3 Å². The molecule has 2 aromatic carbocycles. The summed E-state index contributed by atoms with van der Waals surface area (Å²) >= 11 is 0. The molecule has 0 aliphatic heterocycles. The third-order valence-corrected chi connectivity index (χ3v) is 4.81. The summed E-state index contributed by atoms with van der Waals surface area (Å²) in [5.74, 6) is -0.424. The van der Waals surface area contributed by atoms with Gasteiger partial charge in [0.2, 0.25) is 0 Å². The molecule has 0 aliphatic rings. The maximum absolute atomic E-state index is 12.5. The van der Waals surface area contributed by atoms with Crippen LogP contribution in [0.1, 0.15) is 18.9 Å². The zero-order valence-corrected chi connectivity index (χ0v) is 18.0. The molecule has 0 spiro atoms. The molecule has 1 amide bonds. The minimum Gasteiger partial charge on any atom is -0.478 e. The van der Waals surface area contributed by atoms with Crippen LogP contribution in [-0.4, -0.2) is 34.1 Å². The Morgan fingerprint density at radius 3 is 2.33 bits per heavy atom. The molecular weight excluding hydrogens is 426 g/mol. The van der Waals surface area contributed by atoms with Gasteiger partial charge in [-0.3, -0.25) is 15.0 Å². The highest BCUT2D eigenvalue weighted by molar-refractivity contribution is 5.92. The quantitative estimate of drug-likeness (QED) is 0.301. The fraction of sp³-hybridized carbons (Fsp3) is 0.125. The number of carboxylic acid groups (broad SMARTS) is 1. The lowest BCUT2D eigenvalue weighted by Gasteiger charge is -2.16. The normalized spacial score (nSPS) is 11.0. The van der Waals surface area contributed by atoms with Crippen molar-refractivity contribution in [1.82, 2.24) is 4.98 Å². The van der Waals surface area contributed by atoms with Gasteiger partial charge in [-0.25, -0.2) is 14.6 Å². The number of hydrogen-bond acceptors (Lipinski definition) is 6. The Bertz CT molecular complexity index is 1200. The number of aliphatic carboxylic acids is 1. The molecule has 33 heavy (non-hydrogen) atoms. The van der Waals surface area contributed by atoms with Gasteiger partial charge in [-0.05, 0) is 42.3 Å². The number of carboxylic acids is 1. The number of rotatable bonds is 7. The number of nitro groups is 1. The number of nitro benzene ring substituents is 1. The average molecular weight is 447 g/mol. The number of nitrogens with zero attached hydrogens (tertiary/aromatic N) is 3. The number of pyridine rings is 1. The summed E-state index contributed by atoms with van der Waals surface area (Å²) in [6, 6.07) is 17.6. The van der Waals surface area contributed by atoms with Crippen molar-refractivity contribution in [2.75, 3.05) is 11.9 Å². The van der Waals surface area contributed by atoms with Crippen molar-refractivity contribution < 1.29 is 24.4 Å². The maximum atomic E-state index is 12.5. The van der Waals surface area contributed by atoms with Crippen LogP contribution in [-0.2, 0) is 4.79 Å². The van der Waals surface area contributed by atoms with Crippen LogP contribution in [0.3, 0.4) is 0 Å². The molecule has 9 nitrogen and oxygen atoms in total. The molecule has 9 heteroatoms. The summed E-state index contributed by atoms with van der Waals surface area (Å²) in [7, 11) is 1.51. The maximum Gasteiger partial charge on any atom is 0.420 e. The van der Waals surface area contributed by atoms with Gasteiger partial charge in [0.15, 0.2) is 0 Å². The van der Waals surface area contributed by atoms with Crippen molar-refractivity contribution in [2.24, 2.45) is 0 Å². The molecule has 0 aliphatic carbocycles. The smallest absolute Gasteiger partial charge is 0.420 e. The van der Waals surface area contributed by atoms with Gasteiger partial charge in [-0.2, -0.15) is 0 Å². The van der Waals surface area contributed by atoms with Gasteiger partial charge in [0.25, 0.3) is 5.69 Å². The monoisotopic (exact) mass is 447 g/mol. The Balaban J connectivity index is 1.75. The van der Waals surface area contributed by atoms with Crippen LogP contribution in [0.15, 0.2) is 72.3 Å². The molecule has 1 N–H and O–H groups in total. The lowest BCUT2D eigenvalue weighted by molar-refractivity contribution is -0.384. The van der Waals surface area contributed by atoms with Gasteiger partial charge in [-0.15, -0.1) is 0 Å². The van der Waals surface area contributed by atoms with Gasteiger partial charge < -0.3 is 9.84 Å². The van der Waals surface area contributed by atoms with E-state index in [-0.39, 0.29) is 11.4 Å². The number of benzene rings is 2. The van der Waals surface area contributed by atoms with Crippen LogP contribution < -0.4 is 9.64 Å². The highest BCUT2D eigenvalue weighted by atomic mass is 16.6. The molecule has 0 saturated heterocycles. The predicted octanol–water partition coefficient (Wildman–Crippen LogP) is 5.17. The Morgan fingerprint density at radius 2 is 1.76 bits per heavy atom. The van der Waals surface area contributed by atoms with Gasteiger partial charge in [0.05, 0.1) is 10.6 Å². The van der Waals surface area contributed by atoms with Crippen LogP contribution >= 0.6 is 0 Å². The first-order valence-corrected chi connectivity index (χ1v) is 10.00. The van der Waals surface area contributed by atoms with E-state index >= 15 is 0 Å². The molecule has 168 valence electrons.